The minimum Gasteiger partial charge on any atom is -0.464 e. The molecule has 0 spiro atoms. The van der Waals surface area contributed by atoms with Gasteiger partial charge in [-0.3, -0.25) is 0 Å². The van der Waals surface area contributed by atoms with Crippen LogP contribution in [0.4, 0.5) is 29.1 Å². The predicted molar refractivity (Wildman–Crippen MR) is 421 cm³/mol. The molecule has 0 amide bonds. The highest BCUT2D eigenvalue weighted by atomic mass is 79.9. The second-order valence-corrected chi connectivity index (χ2v) is 28.5. The standard InChI is InChI=1S/C19H23N7O2S.C18H21BN6O.C17H18N6.C12H10BrN5.C6H7N3O2/c1-12-4-5-14-15(10-12)24-19(23-14)17-18(20)21-11-16(22-17)13-6-8-26(9-7-13)29(27,28)25(2)3;1-11-3-4-13-14(9-11)24-18(23-13)16-17(20)21-10-15(22-16)12-5-7-25(8-6-12)19(2)26;1-10-2-3-12-13(8-10)23-17(22-12)15-16(18)20-9-14(21-15)11-4-6-19-7-5-11;1-6-2-3-7-8(4-6)17-12(16-7)10-11(14)15-5-9(13)18-10;1-11-6(10)4-5(7)9-3-2-8-4/h4-6,10-11H,7-9H2,1-3H3,(H2,20,21)(H,23,24);3-5,9-10,26H,6-8H2,1-2H3,(H2,20,21)(H,23,24);2-4,8-9,19H,5-7H2,1H3,(H2,18,20)(H,22,23);2-5H,1H3,(H2,14,15)(H,16,17);2-3H,1H3,(H2,7,9). The van der Waals surface area contributed by atoms with Crippen molar-refractivity contribution in [3.63, 3.8) is 0 Å². The van der Waals surface area contributed by atoms with Gasteiger partial charge in [-0.15, -0.1) is 0 Å². The summed E-state index contributed by atoms with van der Waals surface area (Å²) in [6.45, 7) is 13.9. The van der Waals surface area contributed by atoms with Gasteiger partial charge in [-0.1, -0.05) is 42.5 Å². The number of rotatable bonds is 11. The Bertz CT molecular complexity index is 5680. The van der Waals surface area contributed by atoms with Crippen LogP contribution < -0.4 is 34.0 Å². The SMILES string of the molecule is CB(O)N1CC=C(c2cnc(N)c(-c3nc4ccc(C)cc4[nH]3)n2)CC1.COC(=O)c1nccnc1N.Cc1ccc2nc(-c3nc(Br)cnc3N)[nH]c2c1.Cc1ccc2nc(-c3nc(C4=CCN(S(=O)(=O)N(C)C)CC4)cnc3N)[nH]c2c1.Cc1ccc2nc(-c3nc(C4=CCNCC4)cnc3N)[nH]c2c1. The molecule has 0 fully saturated rings. The first-order valence-electron chi connectivity index (χ1n) is 33.9. The number of benzene rings is 4. The lowest BCUT2D eigenvalue weighted by molar-refractivity contribution is 0.0594. The number of esters is 1. The van der Waals surface area contributed by atoms with E-state index in [0.29, 0.717) is 99.9 Å². The van der Waals surface area contributed by atoms with Crippen LogP contribution in [0.25, 0.3) is 107 Å². The number of nitrogen functional groups attached to an aromatic ring is 5. The smallest absolute Gasteiger partial charge is 0.376 e. The summed E-state index contributed by atoms with van der Waals surface area (Å²) in [4.78, 5) is 86.9. The van der Waals surface area contributed by atoms with Crippen molar-refractivity contribution in [3.05, 3.63) is 178 Å². The molecule has 0 aliphatic carbocycles. The summed E-state index contributed by atoms with van der Waals surface area (Å²) in [6, 6.07) is 24.1. The maximum Gasteiger partial charge on any atom is 0.376 e. The number of nitrogens with two attached hydrogens (primary N) is 5. The molecule has 548 valence electrons. The van der Waals surface area contributed by atoms with Crippen LogP contribution in [-0.4, -0.2) is 190 Å². The summed E-state index contributed by atoms with van der Waals surface area (Å²) in [6.07, 6.45) is 17.8. The van der Waals surface area contributed by atoms with Gasteiger partial charge in [0.05, 0.1) is 93.1 Å². The highest BCUT2D eigenvalue weighted by molar-refractivity contribution is 9.10. The average Bonchev–Trinajstić information content (AvgIpc) is 1.79. The van der Waals surface area contributed by atoms with Crippen LogP contribution in [0.5, 0.6) is 0 Å². The molecule has 0 radical (unpaired) electrons. The van der Waals surface area contributed by atoms with Gasteiger partial charge in [-0.25, -0.2) is 74.6 Å². The van der Waals surface area contributed by atoms with E-state index >= 15 is 0 Å². The first kappa shape index (κ1) is 74.8. The largest absolute Gasteiger partial charge is 0.464 e. The van der Waals surface area contributed by atoms with Crippen molar-refractivity contribution in [1.29, 1.82) is 0 Å². The Morgan fingerprint density at radius 3 is 1.27 bits per heavy atom. The monoisotopic (exact) mass is 1520 g/mol. The van der Waals surface area contributed by atoms with Gasteiger partial charge in [-0.05, 0) is 170 Å². The predicted octanol–water partition coefficient (Wildman–Crippen LogP) is 8.72. The van der Waals surface area contributed by atoms with E-state index in [1.807, 2.05) is 98.4 Å². The van der Waals surface area contributed by atoms with Crippen molar-refractivity contribution in [1.82, 2.24) is 108 Å². The number of hydrogen-bond acceptors (Lipinski definition) is 26. The lowest BCUT2D eigenvalue weighted by atomic mass is 9.83. The van der Waals surface area contributed by atoms with Crippen LogP contribution in [0.1, 0.15) is 69.1 Å². The Balaban J connectivity index is 0.000000129. The Labute approximate surface area is 623 Å². The fourth-order valence-corrected chi connectivity index (χ4v) is 13.0. The molecule has 13 aromatic rings. The number of nitrogens with one attached hydrogen (secondary N) is 5. The molecular formula is C72H79BBrN27O5S. The summed E-state index contributed by atoms with van der Waals surface area (Å²) in [7, 11) is 0.443. The summed E-state index contributed by atoms with van der Waals surface area (Å²) in [5, 5.41) is 13.0. The number of methoxy groups -OCH3 is 1. The molecule has 0 atom stereocenters. The zero-order chi connectivity index (χ0) is 75.8. The highest BCUT2D eigenvalue weighted by Gasteiger charge is 2.28. The number of fused-ring (bicyclic) bond motifs is 4. The van der Waals surface area contributed by atoms with E-state index in [2.05, 4.69) is 131 Å². The maximum atomic E-state index is 12.3. The number of aromatic nitrogens is 18. The molecular weight excluding hydrogens is 1450 g/mol. The highest BCUT2D eigenvalue weighted by Crippen LogP contribution is 2.32. The van der Waals surface area contributed by atoms with Crippen LogP contribution in [-0.2, 0) is 14.9 Å². The van der Waals surface area contributed by atoms with Crippen LogP contribution in [0.3, 0.4) is 0 Å². The lowest BCUT2D eigenvalue weighted by Crippen LogP contribution is -2.42. The maximum absolute atomic E-state index is 12.3. The number of carbonyl (C=O) groups excluding carboxylic acids is 1. The van der Waals surface area contributed by atoms with E-state index in [0.717, 1.165) is 110 Å². The first-order chi connectivity index (χ1) is 51.3. The third-order valence-electron chi connectivity index (χ3n) is 17.5. The zero-order valence-corrected chi connectivity index (χ0v) is 62.3. The van der Waals surface area contributed by atoms with E-state index in [4.69, 9.17) is 38.6 Å². The minimum atomic E-state index is -3.43. The van der Waals surface area contributed by atoms with Crippen LogP contribution in [0, 0.1) is 27.7 Å². The summed E-state index contributed by atoms with van der Waals surface area (Å²) in [5.74, 6) is 3.37. The minimum absolute atomic E-state index is 0.0509. The molecule has 9 aromatic heterocycles. The van der Waals surface area contributed by atoms with E-state index in [-0.39, 0.29) is 17.3 Å². The second-order valence-electron chi connectivity index (χ2n) is 25.5. The summed E-state index contributed by atoms with van der Waals surface area (Å²) in [5.41, 5.74) is 49.1. The van der Waals surface area contributed by atoms with Gasteiger partial charge in [0, 0.05) is 52.7 Å². The number of ether oxygens (including phenoxy) is 1. The molecule has 0 bridgehead atoms. The van der Waals surface area contributed by atoms with Gasteiger partial charge in [0.15, 0.2) is 58.1 Å². The number of aryl methyl sites for hydroxylation is 4. The molecule has 0 unspecified atom stereocenters. The molecule has 0 saturated carbocycles. The van der Waals surface area contributed by atoms with Gasteiger partial charge in [0.25, 0.3) is 10.2 Å². The van der Waals surface area contributed by atoms with Gasteiger partial charge in [0.1, 0.15) is 27.4 Å². The lowest BCUT2D eigenvalue weighted by Gasteiger charge is -2.28. The van der Waals surface area contributed by atoms with Gasteiger partial charge in [0.2, 0.25) is 0 Å². The molecule has 12 heterocycles. The molecule has 107 heavy (non-hydrogen) atoms. The van der Waals surface area contributed by atoms with Gasteiger partial charge in [-0.2, -0.15) is 17.0 Å². The Morgan fingerprint density at radius 1 is 0.523 bits per heavy atom. The molecule has 16 N–H and O–H groups in total. The Hall–Kier alpha value is -11.9. The van der Waals surface area contributed by atoms with E-state index in [1.54, 1.807) is 31.6 Å². The topological polar surface area (TPSA) is 476 Å². The van der Waals surface area contributed by atoms with Crippen molar-refractivity contribution < 1.29 is 23.0 Å². The summed E-state index contributed by atoms with van der Waals surface area (Å²) < 4.78 is 32.3. The number of nitrogens with zero attached hydrogens (tertiary/aromatic N) is 17. The second kappa shape index (κ2) is 32.7. The third-order valence-corrected chi connectivity index (χ3v) is 19.8. The molecule has 4 aromatic carbocycles. The molecule has 3 aliphatic heterocycles. The van der Waals surface area contributed by atoms with Gasteiger partial charge < -0.3 is 68.5 Å². The normalized spacial score (nSPS) is 14.0. The number of carbonyl (C=O) groups is 1. The number of imidazole rings is 4. The number of H-pyrrole nitrogens is 4. The first-order valence-corrected chi connectivity index (χ1v) is 36.1. The zero-order valence-electron chi connectivity index (χ0n) is 59.9. The summed E-state index contributed by atoms with van der Waals surface area (Å²) >= 11 is 3.28. The van der Waals surface area contributed by atoms with Crippen LogP contribution in [0.15, 0.2) is 133 Å². The number of halogens is 1. The van der Waals surface area contributed by atoms with Crippen molar-refractivity contribution in [2.75, 3.05) is 89.1 Å². The third kappa shape index (κ3) is 17.6. The Kier molecular flexibility index (Phi) is 22.8. The molecule has 32 nitrogen and oxygen atoms in total. The number of anilines is 5. The van der Waals surface area contributed by atoms with Crippen molar-refractivity contribution >= 4 is 129 Å². The van der Waals surface area contributed by atoms with E-state index < -0.39 is 23.2 Å². The fourth-order valence-electron chi connectivity index (χ4n) is 11.7. The van der Waals surface area contributed by atoms with Gasteiger partial charge >= 0.3 is 13.0 Å². The quantitative estimate of drug-likeness (QED) is 0.0425. The average molecular weight is 1530 g/mol. The van der Waals surface area contributed by atoms with Crippen LogP contribution in [0.2, 0.25) is 6.82 Å². The van der Waals surface area contributed by atoms with Crippen molar-refractivity contribution in [2.45, 2.75) is 53.8 Å². The van der Waals surface area contributed by atoms with Crippen molar-refractivity contribution in [3.8, 4) is 46.1 Å². The van der Waals surface area contributed by atoms with Crippen LogP contribution >= 0.6 is 15.9 Å². The van der Waals surface area contributed by atoms with E-state index in [9.17, 15) is 18.2 Å². The fraction of sp³-hybridized carbons (Fsp3) is 0.236. The van der Waals surface area contributed by atoms with Crippen molar-refractivity contribution in [2.24, 2.45) is 0 Å². The molecule has 35 heteroatoms. The van der Waals surface area contributed by atoms with E-state index in [1.165, 1.54) is 58.9 Å². The Morgan fingerprint density at radius 2 is 0.916 bits per heavy atom. The molecule has 0 saturated heterocycles. The molecule has 16 rings (SSSR count). The molecule has 3 aliphatic rings. The number of aromatic amines is 4. The number of hydrogen-bond donors (Lipinski definition) is 11.